The van der Waals surface area contributed by atoms with Gasteiger partial charge in [-0.3, -0.25) is 4.90 Å². The number of ether oxygens (including phenoxy) is 2. The van der Waals surface area contributed by atoms with Crippen LogP contribution in [0, 0.1) is 5.82 Å². The SMILES string of the molecule is COc1ccc(F)cc1CN1CCCC(OC)C1. The summed E-state index contributed by atoms with van der Waals surface area (Å²) in [5, 5.41) is 0. The van der Waals surface area contributed by atoms with Crippen molar-refractivity contribution in [1.82, 2.24) is 4.90 Å². The van der Waals surface area contributed by atoms with Gasteiger partial charge in [-0.25, -0.2) is 4.39 Å². The van der Waals surface area contributed by atoms with Gasteiger partial charge in [0.2, 0.25) is 0 Å². The molecule has 1 atom stereocenters. The molecule has 1 saturated heterocycles. The minimum absolute atomic E-state index is 0.217. The smallest absolute Gasteiger partial charge is 0.123 e. The van der Waals surface area contributed by atoms with Crippen LogP contribution in [0.25, 0.3) is 0 Å². The van der Waals surface area contributed by atoms with Crippen LogP contribution in [0.5, 0.6) is 5.75 Å². The molecule has 1 unspecified atom stereocenters. The molecule has 0 saturated carbocycles. The third-order valence-electron chi connectivity index (χ3n) is 3.43. The topological polar surface area (TPSA) is 21.7 Å². The zero-order chi connectivity index (χ0) is 13.0. The third kappa shape index (κ3) is 3.21. The highest BCUT2D eigenvalue weighted by molar-refractivity contribution is 5.33. The Morgan fingerprint density at radius 3 is 2.94 bits per heavy atom. The lowest BCUT2D eigenvalue weighted by atomic mass is 10.1. The number of methoxy groups -OCH3 is 2. The van der Waals surface area contributed by atoms with E-state index in [-0.39, 0.29) is 5.82 Å². The maximum Gasteiger partial charge on any atom is 0.123 e. The quantitative estimate of drug-likeness (QED) is 0.822. The van der Waals surface area contributed by atoms with Crippen molar-refractivity contribution in [3.05, 3.63) is 29.6 Å². The van der Waals surface area contributed by atoms with E-state index >= 15 is 0 Å². The molecule has 0 radical (unpaired) electrons. The molecular weight excluding hydrogens is 233 g/mol. The van der Waals surface area contributed by atoms with Crippen molar-refractivity contribution in [3.63, 3.8) is 0 Å². The van der Waals surface area contributed by atoms with Crippen LogP contribution in [0.2, 0.25) is 0 Å². The molecule has 0 aliphatic carbocycles. The molecule has 2 rings (SSSR count). The predicted octanol–water partition coefficient (Wildman–Crippen LogP) is 2.45. The average Bonchev–Trinajstić information content (AvgIpc) is 2.39. The summed E-state index contributed by atoms with van der Waals surface area (Å²) in [5.41, 5.74) is 0.897. The molecule has 1 aromatic rings. The van der Waals surface area contributed by atoms with Crippen molar-refractivity contribution in [2.45, 2.75) is 25.5 Å². The van der Waals surface area contributed by atoms with Gasteiger partial charge in [0.25, 0.3) is 0 Å². The van der Waals surface area contributed by atoms with E-state index in [1.165, 1.54) is 6.07 Å². The van der Waals surface area contributed by atoms with Crippen LogP contribution in [-0.2, 0) is 11.3 Å². The van der Waals surface area contributed by atoms with E-state index in [1.807, 2.05) is 0 Å². The number of nitrogens with zero attached hydrogens (tertiary/aromatic N) is 1. The molecule has 1 aliphatic heterocycles. The normalized spacial score (nSPS) is 20.9. The zero-order valence-corrected chi connectivity index (χ0v) is 11.0. The van der Waals surface area contributed by atoms with Gasteiger partial charge in [0.15, 0.2) is 0 Å². The maximum absolute atomic E-state index is 13.3. The van der Waals surface area contributed by atoms with Gasteiger partial charge in [-0.1, -0.05) is 0 Å². The Labute approximate surface area is 107 Å². The molecule has 0 aromatic heterocycles. The molecule has 0 N–H and O–H groups in total. The van der Waals surface area contributed by atoms with Gasteiger partial charge < -0.3 is 9.47 Å². The van der Waals surface area contributed by atoms with Crippen molar-refractivity contribution in [3.8, 4) is 5.75 Å². The van der Waals surface area contributed by atoms with E-state index in [4.69, 9.17) is 9.47 Å². The minimum atomic E-state index is -0.217. The van der Waals surface area contributed by atoms with Crippen LogP contribution in [-0.4, -0.2) is 38.3 Å². The summed E-state index contributed by atoms with van der Waals surface area (Å²) in [5.74, 6) is 0.530. The fourth-order valence-electron chi connectivity index (χ4n) is 2.46. The Hall–Kier alpha value is -1.13. The molecule has 3 nitrogen and oxygen atoms in total. The second-order valence-electron chi connectivity index (χ2n) is 4.69. The molecule has 100 valence electrons. The van der Waals surface area contributed by atoms with E-state index in [0.29, 0.717) is 12.6 Å². The fraction of sp³-hybridized carbons (Fsp3) is 0.571. The fourth-order valence-corrected chi connectivity index (χ4v) is 2.46. The van der Waals surface area contributed by atoms with E-state index in [1.54, 1.807) is 26.4 Å². The van der Waals surface area contributed by atoms with Gasteiger partial charge in [-0.15, -0.1) is 0 Å². The largest absolute Gasteiger partial charge is 0.496 e. The van der Waals surface area contributed by atoms with Gasteiger partial charge in [0.05, 0.1) is 13.2 Å². The Balaban J connectivity index is 2.06. The van der Waals surface area contributed by atoms with Gasteiger partial charge in [0, 0.05) is 25.8 Å². The van der Waals surface area contributed by atoms with Crippen LogP contribution in [0.4, 0.5) is 4.39 Å². The Kier molecular flexibility index (Phi) is 4.55. The average molecular weight is 253 g/mol. The number of likely N-dealkylation sites (tertiary alicyclic amines) is 1. The second-order valence-corrected chi connectivity index (χ2v) is 4.69. The van der Waals surface area contributed by atoms with Crippen molar-refractivity contribution >= 4 is 0 Å². The molecular formula is C14H20FNO2. The summed E-state index contributed by atoms with van der Waals surface area (Å²) in [7, 11) is 3.36. The Bertz CT molecular complexity index is 397. The summed E-state index contributed by atoms with van der Waals surface area (Å²) < 4.78 is 23.9. The first-order valence-electron chi connectivity index (χ1n) is 6.30. The Morgan fingerprint density at radius 2 is 2.22 bits per heavy atom. The number of hydrogen-bond acceptors (Lipinski definition) is 3. The molecule has 0 spiro atoms. The first kappa shape index (κ1) is 13.3. The van der Waals surface area contributed by atoms with Gasteiger partial charge in [-0.2, -0.15) is 0 Å². The van der Waals surface area contributed by atoms with Gasteiger partial charge >= 0.3 is 0 Å². The molecule has 1 aliphatic rings. The molecule has 4 heteroatoms. The van der Waals surface area contributed by atoms with Crippen LogP contribution in [0.1, 0.15) is 18.4 Å². The summed E-state index contributed by atoms with van der Waals surface area (Å²) in [6, 6.07) is 4.66. The number of rotatable bonds is 4. The lowest BCUT2D eigenvalue weighted by molar-refractivity contribution is 0.0283. The van der Waals surface area contributed by atoms with Crippen LogP contribution in [0.3, 0.4) is 0 Å². The predicted molar refractivity (Wildman–Crippen MR) is 68.3 cm³/mol. The summed E-state index contributed by atoms with van der Waals surface area (Å²) in [6.07, 6.45) is 2.52. The standard InChI is InChI=1S/C14H20FNO2/c1-17-13-4-3-7-16(10-13)9-11-8-12(15)5-6-14(11)18-2/h5-6,8,13H,3-4,7,9-10H2,1-2H3. The molecule has 1 aromatic carbocycles. The van der Waals surface area contributed by atoms with Crippen molar-refractivity contribution in [2.75, 3.05) is 27.3 Å². The van der Waals surface area contributed by atoms with E-state index < -0.39 is 0 Å². The van der Waals surface area contributed by atoms with Crippen LogP contribution < -0.4 is 4.74 Å². The summed E-state index contributed by atoms with van der Waals surface area (Å²) >= 11 is 0. The summed E-state index contributed by atoms with van der Waals surface area (Å²) in [4.78, 5) is 2.29. The van der Waals surface area contributed by atoms with Gasteiger partial charge in [-0.05, 0) is 37.6 Å². The van der Waals surface area contributed by atoms with Crippen molar-refractivity contribution in [1.29, 1.82) is 0 Å². The van der Waals surface area contributed by atoms with Crippen molar-refractivity contribution in [2.24, 2.45) is 0 Å². The van der Waals surface area contributed by atoms with Crippen molar-refractivity contribution < 1.29 is 13.9 Å². The van der Waals surface area contributed by atoms with Gasteiger partial charge in [0.1, 0.15) is 11.6 Å². The van der Waals surface area contributed by atoms with E-state index in [2.05, 4.69) is 4.90 Å². The monoisotopic (exact) mass is 253 g/mol. The molecule has 0 amide bonds. The molecule has 0 bridgehead atoms. The highest BCUT2D eigenvalue weighted by Gasteiger charge is 2.20. The highest BCUT2D eigenvalue weighted by atomic mass is 19.1. The first-order chi connectivity index (χ1) is 8.72. The Morgan fingerprint density at radius 1 is 1.39 bits per heavy atom. The van der Waals surface area contributed by atoms with Crippen LogP contribution in [0.15, 0.2) is 18.2 Å². The lowest BCUT2D eigenvalue weighted by Gasteiger charge is -2.32. The lowest BCUT2D eigenvalue weighted by Crippen LogP contribution is -2.38. The number of hydrogen-bond donors (Lipinski definition) is 0. The summed E-state index contributed by atoms with van der Waals surface area (Å²) in [6.45, 7) is 2.64. The van der Waals surface area contributed by atoms with E-state index in [0.717, 1.165) is 37.2 Å². The number of halogens is 1. The third-order valence-corrected chi connectivity index (χ3v) is 3.43. The minimum Gasteiger partial charge on any atom is -0.496 e. The maximum atomic E-state index is 13.3. The van der Waals surface area contributed by atoms with E-state index in [9.17, 15) is 4.39 Å². The number of piperidine rings is 1. The highest BCUT2D eigenvalue weighted by Crippen LogP contribution is 2.23. The first-order valence-corrected chi connectivity index (χ1v) is 6.30. The van der Waals surface area contributed by atoms with Crippen LogP contribution >= 0.6 is 0 Å². The number of benzene rings is 1. The molecule has 18 heavy (non-hydrogen) atoms. The molecule has 1 heterocycles. The second kappa shape index (κ2) is 6.16. The zero-order valence-electron chi connectivity index (χ0n) is 11.0. The molecule has 1 fully saturated rings.